The Balaban J connectivity index is 2.27. The summed E-state index contributed by atoms with van der Waals surface area (Å²) in [6, 6.07) is 5.37. The number of anilines is 3. The second-order valence-electron chi connectivity index (χ2n) is 5.31. The Hall–Kier alpha value is -2.21. The number of nitrogens with zero attached hydrogens (tertiary/aromatic N) is 2. The van der Waals surface area contributed by atoms with Crippen molar-refractivity contribution in [2.75, 3.05) is 31.4 Å². The highest BCUT2D eigenvalue weighted by Gasteiger charge is 2.12. The summed E-state index contributed by atoms with van der Waals surface area (Å²) in [6.45, 7) is 4.96. The van der Waals surface area contributed by atoms with Crippen molar-refractivity contribution in [1.82, 2.24) is 9.97 Å². The highest BCUT2D eigenvalue weighted by atomic mass is 35.5. The maximum absolute atomic E-state index is 6.13. The molecule has 2 N–H and O–H groups in total. The third kappa shape index (κ3) is 4.64. The van der Waals surface area contributed by atoms with Crippen LogP contribution in [0.1, 0.15) is 25.5 Å². The van der Waals surface area contributed by atoms with Crippen LogP contribution in [-0.4, -0.2) is 30.7 Å². The molecule has 1 heterocycles. The predicted octanol–water partition coefficient (Wildman–Crippen LogP) is 4.41. The molecule has 7 heteroatoms. The molecule has 2 aromatic rings. The van der Waals surface area contributed by atoms with E-state index in [0.29, 0.717) is 28.2 Å². The van der Waals surface area contributed by atoms with Gasteiger partial charge in [0.05, 0.1) is 24.9 Å². The van der Waals surface area contributed by atoms with Gasteiger partial charge in [0, 0.05) is 30.4 Å². The molecule has 0 aliphatic heterocycles. The Morgan fingerprint density at radius 3 is 2.50 bits per heavy atom. The van der Waals surface area contributed by atoms with Crippen LogP contribution in [0, 0.1) is 6.92 Å². The molecular weight excluding hydrogens is 328 g/mol. The number of halogens is 1. The lowest BCUT2D eigenvalue weighted by Crippen LogP contribution is -2.07. The third-order valence-electron chi connectivity index (χ3n) is 3.41. The van der Waals surface area contributed by atoms with Crippen molar-refractivity contribution in [3.05, 3.63) is 28.9 Å². The standard InChI is InChI=1S/C17H23ClN4O2/c1-5-6-7-19-16-8-11(2)20-17(22-16)21-13-10-14(23-3)12(18)9-15(13)24-4/h8-10H,5-7H2,1-4H3,(H2,19,20,21,22). The van der Waals surface area contributed by atoms with E-state index in [4.69, 9.17) is 21.1 Å². The Bertz CT molecular complexity index is 695. The summed E-state index contributed by atoms with van der Waals surface area (Å²) in [5.74, 6) is 2.41. The molecule has 0 amide bonds. The molecule has 1 aromatic carbocycles. The molecule has 0 bridgehead atoms. The average molecular weight is 351 g/mol. The SMILES string of the molecule is CCCCNc1cc(C)nc(Nc2cc(OC)c(Cl)cc2OC)n1. The van der Waals surface area contributed by atoms with Gasteiger partial charge in [0.1, 0.15) is 17.3 Å². The van der Waals surface area contributed by atoms with Crippen molar-refractivity contribution >= 4 is 29.1 Å². The predicted molar refractivity (Wildman–Crippen MR) is 98.0 cm³/mol. The van der Waals surface area contributed by atoms with Crippen LogP contribution < -0.4 is 20.1 Å². The van der Waals surface area contributed by atoms with Crippen LogP contribution in [0.25, 0.3) is 0 Å². The maximum atomic E-state index is 6.13. The Morgan fingerprint density at radius 2 is 1.83 bits per heavy atom. The smallest absolute Gasteiger partial charge is 0.229 e. The van der Waals surface area contributed by atoms with Gasteiger partial charge in [-0.2, -0.15) is 4.98 Å². The number of aromatic nitrogens is 2. The molecule has 0 aliphatic rings. The second kappa shape index (κ2) is 8.59. The molecule has 0 radical (unpaired) electrons. The molecular formula is C17H23ClN4O2. The van der Waals surface area contributed by atoms with Crippen LogP contribution in [0.3, 0.4) is 0 Å². The summed E-state index contributed by atoms with van der Waals surface area (Å²) >= 11 is 6.13. The fourth-order valence-corrected chi connectivity index (χ4v) is 2.42. The van der Waals surface area contributed by atoms with Crippen molar-refractivity contribution in [2.45, 2.75) is 26.7 Å². The van der Waals surface area contributed by atoms with Crippen LogP contribution in [0.15, 0.2) is 18.2 Å². The molecule has 0 spiro atoms. The van der Waals surface area contributed by atoms with Gasteiger partial charge in [0.2, 0.25) is 5.95 Å². The quantitative estimate of drug-likeness (QED) is 0.687. The number of benzene rings is 1. The van der Waals surface area contributed by atoms with E-state index in [1.165, 1.54) is 0 Å². The minimum Gasteiger partial charge on any atom is -0.495 e. The molecule has 6 nitrogen and oxygen atoms in total. The summed E-state index contributed by atoms with van der Waals surface area (Å²) in [6.07, 6.45) is 2.22. The summed E-state index contributed by atoms with van der Waals surface area (Å²) in [4.78, 5) is 8.91. The number of rotatable bonds is 8. The Morgan fingerprint density at radius 1 is 1.08 bits per heavy atom. The van der Waals surface area contributed by atoms with E-state index in [9.17, 15) is 0 Å². The van der Waals surface area contributed by atoms with Crippen LogP contribution in [0.2, 0.25) is 5.02 Å². The van der Waals surface area contributed by atoms with Crippen LogP contribution in [-0.2, 0) is 0 Å². The monoisotopic (exact) mass is 350 g/mol. The second-order valence-corrected chi connectivity index (χ2v) is 5.72. The minimum atomic E-state index is 0.479. The first-order chi connectivity index (χ1) is 11.6. The van der Waals surface area contributed by atoms with Crippen LogP contribution in [0.5, 0.6) is 11.5 Å². The molecule has 0 saturated carbocycles. The lowest BCUT2D eigenvalue weighted by Gasteiger charge is -2.14. The largest absolute Gasteiger partial charge is 0.495 e. The molecule has 24 heavy (non-hydrogen) atoms. The summed E-state index contributed by atoms with van der Waals surface area (Å²) in [7, 11) is 3.15. The Kier molecular flexibility index (Phi) is 6.49. The molecule has 0 aliphatic carbocycles. The zero-order chi connectivity index (χ0) is 17.5. The summed E-state index contributed by atoms with van der Waals surface area (Å²) < 4.78 is 10.6. The van der Waals surface area contributed by atoms with E-state index in [2.05, 4.69) is 27.5 Å². The molecule has 2 rings (SSSR count). The van der Waals surface area contributed by atoms with Gasteiger partial charge >= 0.3 is 0 Å². The van der Waals surface area contributed by atoms with Gasteiger partial charge in [0.25, 0.3) is 0 Å². The van der Waals surface area contributed by atoms with Crippen molar-refractivity contribution < 1.29 is 9.47 Å². The van der Waals surface area contributed by atoms with Gasteiger partial charge in [-0.1, -0.05) is 24.9 Å². The first-order valence-electron chi connectivity index (χ1n) is 7.85. The lowest BCUT2D eigenvalue weighted by atomic mass is 10.2. The Labute approximate surface area is 147 Å². The zero-order valence-electron chi connectivity index (χ0n) is 14.4. The molecule has 0 unspecified atom stereocenters. The van der Waals surface area contributed by atoms with Gasteiger partial charge in [-0.25, -0.2) is 4.98 Å². The van der Waals surface area contributed by atoms with Gasteiger partial charge in [-0.15, -0.1) is 0 Å². The normalized spacial score (nSPS) is 10.4. The topological polar surface area (TPSA) is 68.3 Å². The molecule has 1 aromatic heterocycles. The summed E-state index contributed by atoms with van der Waals surface area (Å²) in [5, 5.41) is 6.95. The minimum absolute atomic E-state index is 0.479. The third-order valence-corrected chi connectivity index (χ3v) is 3.71. The van der Waals surface area contributed by atoms with Gasteiger partial charge in [-0.3, -0.25) is 0 Å². The fraction of sp³-hybridized carbons (Fsp3) is 0.412. The van der Waals surface area contributed by atoms with Gasteiger partial charge in [-0.05, 0) is 13.3 Å². The number of aryl methyl sites for hydroxylation is 1. The van der Waals surface area contributed by atoms with Crippen LogP contribution in [0.4, 0.5) is 17.5 Å². The van der Waals surface area contributed by atoms with Crippen molar-refractivity contribution in [3.63, 3.8) is 0 Å². The van der Waals surface area contributed by atoms with E-state index < -0.39 is 0 Å². The van der Waals surface area contributed by atoms with E-state index in [1.54, 1.807) is 26.4 Å². The van der Waals surface area contributed by atoms with Crippen molar-refractivity contribution in [3.8, 4) is 11.5 Å². The number of hydrogen-bond donors (Lipinski definition) is 2. The van der Waals surface area contributed by atoms with Crippen LogP contribution >= 0.6 is 11.6 Å². The van der Waals surface area contributed by atoms with Crippen molar-refractivity contribution in [2.24, 2.45) is 0 Å². The molecule has 0 atom stereocenters. The van der Waals surface area contributed by atoms with E-state index in [-0.39, 0.29) is 0 Å². The highest BCUT2D eigenvalue weighted by molar-refractivity contribution is 6.32. The summed E-state index contributed by atoms with van der Waals surface area (Å²) in [5.41, 5.74) is 1.55. The first kappa shape index (κ1) is 18.1. The zero-order valence-corrected chi connectivity index (χ0v) is 15.2. The number of unbranched alkanes of at least 4 members (excludes halogenated alkanes) is 1. The van der Waals surface area contributed by atoms with E-state index in [1.807, 2.05) is 13.0 Å². The number of methoxy groups -OCH3 is 2. The van der Waals surface area contributed by atoms with Crippen molar-refractivity contribution in [1.29, 1.82) is 0 Å². The molecule has 0 fully saturated rings. The van der Waals surface area contributed by atoms with Gasteiger partial charge in [0.15, 0.2) is 0 Å². The van der Waals surface area contributed by atoms with E-state index in [0.717, 1.165) is 30.9 Å². The lowest BCUT2D eigenvalue weighted by molar-refractivity contribution is 0.405. The molecule has 130 valence electrons. The maximum Gasteiger partial charge on any atom is 0.229 e. The van der Waals surface area contributed by atoms with Gasteiger partial charge < -0.3 is 20.1 Å². The number of ether oxygens (including phenoxy) is 2. The molecule has 0 saturated heterocycles. The fourth-order valence-electron chi connectivity index (χ4n) is 2.19. The van der Waals surface area contributed by atoms with E-state index >= 15 is 0 Å². The first-order valence-corrected chi connectivity index (χ1v) is 8.23. The average Bonchev–Trinajstić information content (AvgIpc) is 2.56. The number of hydrogen-bond acceptors (Lipinski definition) is 6. The highest BCUT2D eigenvalue weighted by Crippen LogP contribution is 2.36. The number of nitrogens with one attached hydrogen (secondary N) is 2.